The Labute approximate surface area is 110 Å². The number of hydrogen-bond donors (Lipinski definition) is 1. The van der Waals surface area contributed by atoms with Gasteiger partial charge in [-0.25, -0.2) is 15.0 Å². The van der Waals surface area contributed by atoms with Gasteiger partial charge in [-0.15, -0.1) is 11.3 Å². The van der Waals surface area contributed by atoms with Gasteiger partial charge in [-0.3, -0.25) is 4.90 Å². The molecule has 2 aromatic rings. The second-order valence-electron chi connectivity index (χ2n) is 4.24. The van der Waals surface area contributed by atoms with Gasteiger partial charge >= 0.3 is 0 Å². The van der Waals surface area contributed by atoms with E-state index in [4.69, 9.17) is 0 Å². The lowest BCUT2D eigenvalue weighted by Crippen LogP contribution is -2.42. The average molecular weight is 261 g/mol. The fourth-order valence-electron chi connectivity index (χ4n) is 1.99. The maximum atomic E-state index is 4.61. The lowest BCUT2D eigenvalue weighted by Gasteiger charge is -2.26. The molecule has 0 unspecified atom stereocenters. The highest BCUT2D eigenvalue weighted by atomic mass is 32.1. The molecule has 18 heavy (non-hydrogen) atoms. The van der Waals surface area contributed by atoms with Gasteiger partial charge in [0, 0.05) is 50.5 Å². The zero-order chi connectivity index (χ0) is 12.2. The minimum absolute atomic E-state index is 0.717. The van der Waals surface area contributed by atoms with Crippen LogP contribution in [0.25, 0.3) is 10.8 Å². The zero-order valence-electron chi connectivity index (χ0n) is 10.0. The molecule has 0 amide bonds. The Kier molecular flexibility index (Phi) is 3.59. The predicted molar refractivity (Wildman–Crippen MR) is 71.3 cm³/mol. The fraction of sp³-hybridized carbons (Fsp3) is 0.417. The molecule has 0 saturated carbocycles. The summed E-state index contributed by atoms with van der Waals surface area (Å²) in [4.78, 5) is 15.5. The number of rotatable bonds is 3. The van der Waals surface area contributed by atoms with Gasteiger partial charge in [-0.2, -0.15) is 0 Å². The molecule has 1 aliphatic rings. The molecule has 2 aromatic heterocycles. The Bertz CT molecular complexity index is 492. The topological polar surface area (TPSA) is 53.9 Å². The molecule has 6 heteroatoms. The Morgan fingerprint density at radius 1 is 1.22 bits per heavy atom. The minimum Gasteiger partial charge on any atom is -0.314 e. The van der Waals surface area contributed by atoms with E-state index in [9.17, 15) is 0 Å². The Hall–Kier alpha value is -1.37. The van der Waals surface area contributed by atoms with E-state index in [0.29, 0.717) is 5.82 Å². The van der Waals surface area contributed by atoms with E-state index in [0.717, 1.165) is 43.4 Å². The summed E-state index contributed by atoms with van der Waals surface area (Å²) in [6.07, 6.45) is 3.50. The van der Waals surface area contributed by atoms with Gasteiger partial charge in [0.05, 0.1) is 5.69 Å². The number of nitrogens with one attached hydrogen (secondary N) is 1. The first-order valence-corrected chi connectivity index (χ1v) is 6.94. The van der Waals surface area contributed by atoms with Crippen LogP contribution in [0.2, 0.25) is 0 Å². The molecule has 1 saturated heterocycles. The van der Waals surface area contributed by atoms with Crippen LogP contribution < -0.4 is 5.32 Å². The van der Waals surface area contributed by atoms with E-state index in [1.54, 1.807) is 23.7 Å². The van der Waals surface area contributed by atoms with E-state index in [1.165, 1.54) is 0 Å². The van der Waals surface area contributed by atoms with Crippen molar-refractivity contribution < 1.29 is 0 Å². The normalized spacial score (nSPS) is 16.9. The van der Waals surface area contributed by atoms with Crippen LogP contribution in [0.1, 0.15) is 5.69 Å². The van der Waals surface area contributed by atoms with Crippen molar-refractivity contribution in [1.29, 1.82) is 0 Å². The van der Waals surface area contributed by atoms with Crippen LogP contribution in [0.5, 0.6) is 0 Å². The first-order valence-electron chi connectivity index (χ1n) is 6.07. The quantitative estimate of drug-likeness (QED) is 0.893. The van der Waals surface area contributed by atoms with E-state index < -0.39 is 0 Å². The van der Waals surface area contributed by atoms with E-state index in [-0.39, 0.29) is 0 Å². The summed E-state index contributed by atoms with van der Waals surface area (Å²) in [5.41, 5.74) is 1.12. The smallest absolute Gasteiger partial charge is 0.188 e. The van der Waals surface area contributed by atoms with E-state index in [2.05, 4.69) is 30.5 Å². The maximum Gasteiger partial charge on any atom is 0.188 e. The molecule has 0 aromatic carbocycles. The maximum absolute atomic E-state index is 4.61. The predicted octanol–water partition coefficient (Wildman–Crippen LogP) is 1.01. The Morgan fingerprint density at radius 3 is 2.78 bits per heavy atom. The molecule has 1 N–H and O–H groups in total. The number of nitrogens with zero attached hydrogens (tertiary/aromatic N) is 4. The number of thiazole rings is 1. The summed E-state index contributed by atoms with van der Waals surface area (Å²) >= 11 is 1.61. The van der Waals surface area contributed by atoms with Crippen molar-refractivity contribution in [1.82, 2.24) is 25.2 Å². The van der Waals surface area contributed by atoms with Crippen molar-refractivity contribution in [3.8, 4) is 10.8 Å². The highest BCUT2D eigenvalue weighted by Gasteiger charge is 2.13. The highest BCUT2D eigenvalue weighted by molar-refractivity contribution is 7.13. The van der Waals surface area contributed by atoms with Gasteiger partial charge in [-0.05, 0) is 6.07 Å². The Balaban J connectivity index is 1.69. The van der Waals surface area contributed by atoms with Crippen molar-refractivity contribution in [2.24, 2.45) is 0 Å². The van der Waals surface area contributed by atoms with E-state index >= 15 is 0 Å². The van der Waals surface area contributed by atoms with Crippen LogP contribution in [0.15, 0.2) is 23.8 Å². The number of aromatic nitrogens is 3. The standard InChI is InChI=1S/C12H15N5S/c1-2-14-11(15-3-1)12-16-10(9-18-12)8-17-6-4-13-5-7-17/h1-3,9,13H,4-8H2. The molecular formula is C12H15N5S. The summed E-state index contributed by atoms with van der Waals surface area (Å²) in [5, 5.41) is 6.36. The third-order valence-corrected chi connectivity index (χ3v) is 3.79. The molecule has 1 aliphatic heterocycles. The van der Waals surface area contributed by atoms with Gasteiger partial charge in [0.15, 0.2) is 10.8 Å². The van der Waals surface area contributed by atoms with Crippen molar-refractivity contribution in [2.75, 3.05) is 26.2 Å². The van der Waals surface area contributed by atoms with Gasteiger partial charge in [0.2, 0.25) is 0 Å². The van der Waals surface area contributed by atoms with Gasteiger partial charge < -0.3 is 5.32 Å². The molecule has 1 fully saturated rings. The molecule has 0 bridgehead atoms. The lowest BCUT2D eigenvalue weighted by molar-refractivity contribution is 0.231. The van der Waals surface area contributed by atoms with Crippen LogP contribution in [0, 0.1) is 0 Å². The van der Waals surface area contributed by atoms with Crippen LogP contribution in [0.3, 0.4) is 0 Å². The van der Waals surface area contributed by atoms with Gasteiger partial charge in [0.25, 0.3) is 0 Å². The summed E-state index contributed by atoms with van der Waals surface area (Å²) < 4.78 is 0. The SMILES string of the molecule is c1cnc(-c2nc(CN3CCNCC3)cs2)nc1. The molecule has 3 rings (SSSR count). The van der Waals surface area contributed by atoms with Crippen molar-refractivity contribution >= 4 is 11.3 Å². The minimum atomic E-state index is 0.717. The molecule has 94 valence electrons. The van der Waals surface area contributed by atoms with Crippen molar-refractivity contribution in [2.45, 2.75) is 6.54 Å². The van der Waals surface area contributed by atoms with Crippen LogP contribution in [0.4, 0.5) is 0 Å². The van der Waals surface area contributed by atoms with Gasteiger partial charge in [0.1, 0.15) is 0 Å². The second kappa shape index (κ2) is 5.51. The first-order chi connectivity index (χ1) is 8.92. The average Bonchev–Trinajstić information content (AvgIpc) is 2.89. The zero-order valence-corrected chi connectivity index (χ0v) is 10.9. The van der Waals surface area contributed by atoms with Crippen LogP contribution in [-0.4, -0.2) is 46.0 Å². The monoisotopic (exact) mass is 261 g/mol. The number of piperazine rings is 1. The second-order valence-corrected chi connectivity index (χ2v) is 5.10. The molecule has 0 aliphatic carbocycles. The van der Waals surface area contributed by atoms with Crippen LogP contribution >= 0.6 is 11.3 Å². The third-order valence-electron chi connectivity index (χ3n) is 2.90. The molecular weight excluding hydrogens is 246 g/mol. The lowest BCUT2D eigenvalue weighted by atomic mass is 10.3. The highest BCUT2D eigenvalue weighted by Crippen LogP contribution is 2.20. The molecule has 0 spiro atoms. The van der Waals surface area contributed by atoms with E-state index in [1.807, 2.05) is 6.07 Å². The largest absolute Gasteiger partial charge is 0.314 e. The fourth-order valence-corrected chi connectivity index (χ4v) is 2.75. The first kappa shape index (κ1) is 11.7. The number of hydrogen-bond acceptors (Lipinski definition) is 6. The molecule has 0 atom stereocenters. The van der Waals surface area contributed by atoms with Gasteiger partial charge in [-0.1, -0.05) is 0 Å². The molecule has 3 heterocycles. The van der Waals surface area contributed by atoms with Crippen molar-refractivity contribution in [3.63, 3.8) is 0 Å². The molecule has 0 radical (unpaired) electrons. The Morgan fingerprint density at radius 2 is 2.00 bits per heavy atom. The summed E-state index contributed by atoms with van der Waals surface area (Å²) in [5.74, 6) is 0.717. The van der Waals surface area contributed by atoms with Crippen molar-refractivity contribution in [3.05, 3.63) is 29.5 Å². The summed E-state index contributed by atoms with van der Waals surface area (Å²) in [7, 11) is 0. The van der Waals surface area contributed by atoms with Crippen LogP contribution in [-0.2, 0) is 6.54 Å². The molecule has 5 nitrogen and oxygen atoms in total. The summed E-state index contributed by atoms with van der Waals surface area (Å²) in [6.45, 7) is 5.24. The third kappa shape index (κ3) is 2.72. The summed E-state index contributed by atoms with van der Waals surface area (Å²) in [6, 6.07) is 1.82.